The summed E-state index contributed by atoms with van der Waals surface area (Å²) in [6, 6.07) is 8.15. The first-order valence-electron chi connectivity index (χ1n) is 7.06. The highest BCUT2D eigenvalue weighted by molar-refractivity contribution is 6.33. The van der Waals surface area contributed by atoms with Gasteiger partial charge in [0, 0.05) is 18.6 Å². The quantitative estimate of drug-likeness (QED) is 0.902. The molecule has 4 heteroatoms. The molecule has 0 aromatic heterocycles. The molecule has 2 aliphatic rings. The number of amides is 1. The van der Waals surface area contributed by atoms with Crippen molar-refractivity contribution < 1.29 is 4.79 Å². The molecule has 2 fully saturated rings. The smallest absolute Gasteiger partial charge is 0.255 e. The van der Waals surface area contributed by atoms with Crippen LogP contribution in [0, 0.1) is 0 Å². The minimum Gasteiger partial charge on any atom is -0.334 e. The van der Waals surface area contributed by atoms with E-state index >= 15 is 0 Å². The normalized spacial score (nSPS) is 26.9. The predicted octanol–water partition coefficient (Wildman–Crippen LogP) is 2.70. The molecular formula is C15H19ClN2O. The number of benzene rings is 1. The fourth-order valence-electron chi connectivity index (χ4n) is 3.29. The number of likely N-dealkylation sites (tertiary alicyclic amines) is 1. The first-order chi connectivity index (χ1) is 9.27. The van der Waals surface area contributed by atoms with E-state index in [0.717, 1.165) is 25.9 Å². The molecule has 2 heterocycles. The van der Waals surface area contributed by atoms with Crippen LogP contribution in [0.3, 0.4) is 0 Å². The predicted molar refractivity (Wildman–Crippen MR) is 76.5 cm³/mol. The Morgan fingerprint density at radius 3 is 2.84 bits per heavy atom. The number of nitrogens with one attached hydrogen (secondary N) is 1. The zero-order valence-electron chi connectivity index (χ0n) is 10.9. The second-order valence-electron chi connectivity index (χ2n) is 5.39. The van der Waals surface area contributed by atoms with Crippen molar-refractivity contribution in [3.05, 3.63) is 34.9 Å². The summed E-state index contributed by atoms with van der Waals surface area (Å²) in [7, 11) is 0. The lowest BCUT2D eigenvalue weighted by molar-refractivity contribution is 0.0711. The highest BCUT2D eigenvalue weighted by Gasteiger charge is 2.36. The van der Waals surface area contributed by atoms with Crippen LogP contribution < -0.4 is 5.32 Å². The number of rotatable bonds is 2. The van der Waals surface area contributed by atoms with Gasteiger partial charge < -0.3 is 10.2 Å². The topological polar surface area (TPSA) is 32.3 Å². The van der Waals surface area contributed by atoms with Crippen molar-refractivity contribution in [2.75, 3.05) is 13.1 Å². The van der Waals surface area contributed by atoms with Crippen molar-refractivity contribution in [1.29, 1.82) is 0 Å². The van der Waals surface area contributed by atoms with E-state index in [2.05, 4.69) is 5.32 Å². The Morgan fingerprint density at radius 2 is 2.11 bits per heavy atom. The summed E-state index contributed by atoms with van der Waals surface area (Å²) in [5, 5.41) is 4.08. The number of carbonyl (C=O) groups is 1. The van der Waals surface area contributed by atoms with Crippen LogP contribution in [0.2, 0.25) is 5.02 Å². The molecule has 0 radical (unpaired) electrons. The summed E-state index contributed by atoms with van der Waals surface area (Å²) in [4.78, 5) is 14.7. The van der Waals surface area contributed by atoms with Gasteiger partial charge in [0.05, 0.1) is 10.6 Å². The van der Waals surface area contributed by atoms with Gasteiger partial charge in [-0.25, -0.2) is 0 Å². The third-order valence-electron chi connectivity index (χ3n) is 4.23. The highest BCUT2D eigenvalue weighted by atomic mass is 35.5. The van der Waals surface area contributed by atoms with E-state index in [4.69, 9.17) is 11.6 Å². The zero-order chi connectivity index (χ0) is 13.2. The van der Waals surface area contributed by atoms with Crippen LogP contribution in [-0.2, 0) is 0 Å². The number of hydrogen-bond acceptors (Lipinski definition) is 2. The fraction of sp³-hybridized carbons (Fsp3) is 0.533. The first-order valence-corrected chi connectivity index (χ1v) is 7.44. The van der Waals surface area contributed by atoms with Gasteiger partial charge in [0.1, 0.15) is 0 Å². The van der Waals surface area contributed by atoms with Crippen LogP contribution in [0.1, 0.15) is 36.0 Å². The van der Waals surface area contributed by atoms with E-state index in [-0.39, 0.29) is 5.91 Å². The summed E-state index contributed by atoms with van der Waals surface area (Å²) in [6.45, 7) is 1.93. The third-order valence-corrected chi connectivity index (χ3v) is 4.56. The van der Waals surface area contributed by atoms with E-state index in [9.17, 15) is 4.79 Å². The van der Waals surface area contributed by atoms with Gasteiger partial charge in [-0.3, -0.25) is 4.79 Å². The molecule has 1 N–H and O–H groups in total. The fourth-order valence-corrected chi connectivity index (χ4v) is 3.51. The standard InChI is InChI=1S/C15H19ClN2O/c16-12-6-2-1-5-11(12)15(19)18-10-4-8-14(18)13-7-3-9-17-13/h1-2,5-6,13-14,17H,3-4,7-10H2. The van der Waals surface area contributed by atoms with Gasteiger partial charge in [-0.15, -0.1) is 0 Å². The molecule has 19 heavy (non-hydrogen) atoms. The molecule has 2 aliphatic heterocycles. The number of hydrogen-bond donors (Lipinski definition) is 1. The second-order valence-corrected chi connectivity index (χ2v) is 5.80. The summed E-state index contributed by atoms with van der Waals surface area (Å²) in [5.74, 6) is 0.0850. The Labute approximate surface area is 118 Å². The van der Waals surface area contributed by atoms with Crippen LogP contribution >= 0.6 is 11.6 Å². The minimum atomic E-state index is 0.0850. The molecule has 1 aromatic carbocycles. The Balaban J connectivity index is 1.80. The Hall–Kier alpha value is -1.06. The second kappa shape index (κ2) is 5.51. The van der Waals surface area contributed by atoms with E-state index in [1.54, 1.807) is 6.07 Å². The lowest BCUT2D eigenvalue weighted by atomic mass is 10.0. The van der Waals surface area contributed by atoms with Crippen molar-refractivity contribution in [3.8, 4) is 0 Å². The SMILES string of the molecule is O=C(c1ccccc1Cl)N1CCCC1C1CCCN1. The lowest BCUT2D eigenvalue weighted by Gasteiger charge is -2.29. The number of nitrogens with zero attached hydrogens (tertiary/aromatic N) is 1. The van der Waals surface area contributed by atoms with Crippen molar-refractivity contribution in [3.63, 3.8) is 0 Å². The molecule has 102 valence electrons. The largest absolute Gasteiger partial charge is 0.334 e. The van der Waals surface area contributed by atoms with Crippen LogP contribution in [0.5, 0.6) is 0 Å². The van der Waals surface area contributed by atoms with Crippen molar-refractivity contribution in [2.24, 2.45) is 0 Å². The van der Waals surface area contributed by atoms with Crippen molar-refractivity contribution >= 4 is 17.5 Å². The zero-order valence-corrected chi connectivity index (χ0v) is 11.7. The molecule has 0 aliphatic carbocycles. The van der Waals surface area contributed by atoms with Gasteiger partial charge in [0.25, 0.3) is 5.91 Å². The van der Waals surface area contributed by atoms with E-state index < -0.39 is 0 Å². The Bertz CT molecular complexity index is 471. The minimum absolute atomic E-state index is 0.0850. The van der Waals surface area contributed by atoms with Gasteiger partial charge in [-0.2, -0.15) is 0 Å². The molecule has 3 nitrogen and oxygen atoms in total. The van der Waals surface area contributed by atoms with Crippen LogP contribution in [-0.4, -0.2) is 36.0 Å². The van der Waals surface area contributed by atoms with Crippen LogP contribution in [0.25, 0.3) is 0 Å². The average Bonchev–Trinajstić information content (AvgIpc) is 3.09. The molecule has 0 spiro atoms. The highest BCUT2D eigenvalue weighted by Crippen LogP contribution is 2.28. The van der Waals surface area contributed by atoms with Gasteiger partial charge in [0.15, 0.2) is 0 Å². The lowest BCUT2D eigenvalue weighted by Crippen LogP contribution is -2.46. The molecule has 1 amide bonds. The monoisotopic (exact) mass is 278 g/mol. The molecule has 3 rings (SSSR count). The molecule has 0 bridgehead atoms. The summed E-state index contributed by atoms with van der Waals surface area (Å²) >= 11 is 6.14. The average molecular weight is 279 g/mol. The first kappa shape index (κ1) is 12.9. The molecule has 2 saturated heterocycles. The summed E-state index contributed by atoms with van der Waals surface area (Å²) < 4.78 is 0. The molecule has 1 aromatic rings. The van der Waals surface area contributed by atoms with Crippen LogP contribution in [0.4, 0.5) is 0 Å². The maximum absolute atomic E-state index is 12.6. The van der Waals surface area contributed by atoms with Gasteiger partial charge >= 0.3 is 0 Å². The maximum atomic E-state index is 12.6. The summed E-state index contributed by atoms with van der Waals surface area (Å²) in [6.07, 6.45) is 4.60. The number of halogens is 1. The van der Waals surface area contributed by atoms with E-state index in [1.165, 1.54) is 12.8 Å². The van der Waals surface area contributed by atoms with Gasteiger partial charge in [-0.05, 0) is 44.4 Å². The van der Waals surface area contributed by atoms with Crippen LogP contribution in [0.15, 0.2) is 24.3 Å². The Morgan fingerprint density at radius 1 is 1.26 bits per heavy atom. The van der Waals surface area contributed by atoms with Gasteiger partial charge in [0.2, 0.25) is 0 Å². The Kier molecular flexibility index (Phi) is 3.76. The maximum Gasteiger partial charge on any atom is 0.255 e. The van der Waals surface area contributed by atoms with Gasteiger partial charge in [-0.1, -0.05) is 23.7 Å². The van der Waals surface area contributed by atoms with E-state index in [1.807, 2.05) is 23.1 Å². The van der Waals surface area contributed by atoms with E-state index in [0.29, 0.717) is 22.7 Å². The molecular weight excluding hydrogens is 260 g/mol. The molecule has 0 saturated carbocycles. The van der Waals surface area contributed by atoms with Crippen molar-refractivity contribution in [2.45, 2.75) is 37.8 Å². The summed E-state index contributed by atoms with van der Waals surface area (Å²) in [5.41, 5.74) is 0.633. The molecule has 2 unspecified atom stereocenters. The number of carbonyl (C=O) groups excluding carboxylic acids is 1. The van der Waals surface area contributed by atoms with Crippen molar-refractivity contribution in [1.82, 2.24) is 10.2 Å². The third kappa shape index (κ3) is 2.49. The molecule has 2 atom stereocenters.